The molecular weight excluding hydrogens is 188 g/mol. The standard InChI is InChI=1S/C8H12N2O2S/c1-12-7(11)3-2-4-9-8-10-5-6-13-8/h5-6H,2-4H2,1H3,(H,9,10). The molecule has 0 amide bonds. The number of ether oxygens (including phenoxy) is 1. The monoisotopic (exact) mass is 200 g/mol. The molecule has 0 spiro atoms. The lowest BCUT2D eigenvalue weighted by Crippen LogP contribution is -2.06. The number of rotatable bonds is 5. The van der Waals surface area contributed by atoms with Gasteiger partial charge in [-0.25, -0.2) is 4.98 Å². The molecule has 0 fully saturated rings. The van der Waals surface area contributed by atoms with Crippen LogP contribution in [-0.4, -0.2) is 24.6 Å². The number of esters is 1. The van der Waals surface area contributed by atoms with Gasteiger partial charge in [0.25, 0.3) is 0 Å². The van der Waals surface area contributed by atoms with Crippen molar-refractivity contribution in [2.75, 3.05) is 19.0 Å². The van der Waals surface area contributed by atoms with Crippen molar-refractivity contribution in [3.63, 3.8) is 0 Å². The number of methoxy groups -OCH3 is 1. The minimum atomic E-state index is -0.166. The van der Waals surface area contributed by atoms with E-state index in [9.17, 15) is 4.79 Å². The topological polar surface area (TPSA) is 51.2 Å². The largest absolute Gasteiger partial charge is 0.469 e. The van der Waals surface area contributed by atoms with Crippen molar-refractivity contribution in [3.05, 3.63) is 11.6 Å². The van der Waals surface area contributed by atoms with Crippen LogP contribution >= 0.6 is 11.3 Å². The average molecular weight is 200 g/mol. The van der Waals surface area contributed by atoms with Crippen molar-refractivity contribution in [1.29, 1.82) is 0 Å². The van der Waals surface area contributed by atoms with Crippen LogP contribution in [0.3, 0.4) is 0 Å². The third-order valence-electron chi connectivity index (χ3n) is 1.49. The molecule has 1 aromatic heterocycles. The Morgan fingerprint density at radius 3 is 3.23 bits per heavy atom. The third-order valence-corrected chi connectivity index (χ3v) is 2.22. The molecule has 0 aliphatic carbocycles. The Hall–Kier alpha value is -1.10. The fourth-order valence-corrected chi connectivity index (χ4v) is 1.40. The normalized spacial score (nSPS) is 9.62. The van der Waals surface area contributed by atoms with Crippen LogP contribution in [0.25, 0.3) is 0 Å². The summed E-state index contributed by atoms with van der Waals surface area (Å²) in [5.74, 6) is -0.166. The number of carbonyl (C=O) groups is 1. The fraction of sp³-hybridized carbons (Fsp3) is 0.500. The van der Waals surface area contributed by atoms with Crippen molar-refractivity contribution < 1.29 is 9.53 Å². The average Bonchev–Trinajstić information content (AvgIpc) is 2.64. The number of anilines is 1. The van der Waals surface area contributed by atoms with Crippen molar-refractivity contribution in [2.45, 2.75) is 12.8 Å². The van der Waals surface area contributed by atoms with E-state index in [0.29, 0.717) is 6.42 Å². The quantitative estimate of drug-likeness (QED) is 0.578. The summed E-state index contributed by atoms with van der Waals surface area (Å²) in [6.45, 7) is 0.753. The molecule has 1 rings (SSSR count). The fourth-order valence-electron chi connectivity index (χ4n) is 0.841. The summed E-state index contributed by atoms with van der Waals surface area (Å²) >= 11 is 1.55. The highest BCUT2D eigenvalue weighted by molar-refractivity contribution is 7.13. The lowest BCUT2D eigenvalue weighted by atomic mass is 10.3. The van der Waals surface area contributed by atoms with Gasteiger partial charge in [-0.2, -0.15) is 0 Å². The van der Waals surface area contributed by atoms with Crippen LogP contribution in [0.1, 0.15) is 12.8 Å². The molecule has 0 unspecified atom stereocenters. The van der Waals surface area contributed by atoms with Gasteiger partial charge < -0.3 is 10.1 Å². The Kier molecular flexibility index (Phi) is 4.25. The van der Waals surface area contributed by atoms with Crippen LogP contribution in [0, 0.1) is 0 Å². The van der Waals surface area contributed by atoms with Gasteiger partial charge in [0.15, 0.2) is 5.13 Å². The second kappa shape index (κ2) is 5.53. The van der Waals surface area contributed by atoms with Gasteiger partial charge in [0, 0.05) is 24.5 Å². The van der Waals surface area contributed by atoms with E-state index in [4.69, 9.17) is 0 Å². The van der Waals surface area contributed by atoms with Gasteiger partial charge in [-0.3, -0.25) is 4.79 Å². The molecule has 1 N–H and O–H groups in total. The van der Waals surface area contributed by atoms with Crippen LogP contribution in [0.5, 0.6) is 0 Å². The molecule has 0 saturated heterocycles. The predicted octanol–water partition coefficient (Wildman–Crippen LogP) is 1.51. The number of thiazole rings is 1. The van der Waals surface area contributed by atoms with Crippen LogP contribution in [0.4, 0.5) is 5.13 Å². The van der Waals surface area contributed by atoms with Crippen molar-refractivity contribution in [1.82, 2.24) is 4.98 Å². The predicted molar refractivity (Wildman–Crippen MR) is 51.9 cm³/mol. The molecule has 1 aromatic rings. The lowest BCUT2D eigenvalue weighted by Gasteiger charge is -2.00. The maximum Gasteiger partial charge on any atom is 0.305 e. The summed E-state index contributed by atoms with van der Waals surface area (Å²) in [5, 5.41) is 5.90. The summed E-state index contributed by atoms with van der Waals surface area (Å²) in [7, 11) is 1.40. The van der Waals surface area contributed by atoms with E-state index in [1.807, 2.05) is 5.38 Å². The first-order chi connectivity index (χ1) is 6.33. The smallest absolute Gasteiger partial charge is 0.305 e. The van der Waals surface area contributed by atoms with E-state index in [1.54, 1.807) is 17.5 Å². The van der Waals surface area contributed by atoms with Crippen molar-refractivity contribution in [3.8, 4) is 0 Å². The van der Waals surface area contributed by atoms with Crippen molar-refractivity contribution >= 4 is 22.4 Å². The van der Waals surface area contributed by atoms with E-state index < -0.39 is 0 Å². The van der Waals surface area contributed by atoms with Gasteiger partial charge in [0.1, 0.15) is 0 Å². The van der Waals surface area contributed by atoms with E-state index in [-0.39, 0.29) is 5.97 Å². The second-order valence-electron chi connectivity index (χ2n) is 2.44. The van der Waals surface area contributed by atoms with E-state index in [1.165, 1.54) is 7.11 Å². The van der Waals surface area contributed by atoms with Gasteiger partial charge in [-0.1, -0.05) is 0 Å². The molecule has 0 atom stereocenters. The Balaban J connectivity index is 2.05. The van der Waals surface area contributed by atoms with E-state index in [2.05, 4.69) is 15.0 Å². The molecule has 4 nitrogen and oxygen atoms in total. The SMILES string of the molecule is COC(=O)CCCNc1nccs1. The highest BCUT2D eigenvalue weighted by atomic mass is 32.1. The van der Waals surface area contributed by atoms with Gasteiger partial charge in [-0.05, 0) is 6.42 Å². The summed E-state index contributed by atoms with van der Waals surface area (Å²) < 4.78 is 4.51. The Bertz CT molecular complexity index is 249. The number of hydrogen-bond donors (Lipinski definition) is 1. The molecular formula is C8H12N2O2S. The molecule has 0 aliphatic rings. The number of hydrogen-bond acceptors (Lipinski definition) is 5. The minimum Gasteiger partial charge on any atom is -0.469 e. The Labute approximate surface area is 80.9 Å². The number of aromatic nitrogens is 1. The first kappa shape index (κ1) is 9.98. The molecule has 1 heterocycles. The molecule has 0 radical (unpaired) electrons. The number of nitrogens with zero attached hydrogens (tertiary/aromatic N) is 1. The maximum absolute atomic E-state index is 10.7. The highest BCUT2D eigenvalue weighted by Crippen LogP contribution is 2.09. The molecule has 0 aliphatic heterocycles. The molecule has 5 heteroatoms. The summed E-state index contributed by atoms with van der Waals surface area (Å²) in [6.07, 6.45) is 2.97. The first-order valence-corrected chi connectivity index (χ1v) is 4.91. The zero-order valence-electron chi connectivity index (χ0n) is 7.45. The van der Waals surface area contributed by atoms with Gasteiger partial charge >= 0.3 is 5.97 Å². The molecule has 0 bridgehead atoms. The molecule has 0 aromatic carbocycles. The maximum atomic E-state index is 10.7. The van der Waals surface area contributed by atoms with Gasteiger partial charge in [-0.15, -0.1) is 11.3 Å². The molecule has 13 heavy (non-hydrogen) atoms. The zero-order valence-corrected chi connectivity index (χ0v) is 8.26. The lowest BCUT2D eigenvalue weighted by molar-refractivity contribution is -0.140. The minimum absolute atomic E-state index is 0.166. The summed E-state index contributed by atoms with van der Waals surface area (Å²) in [6, 6.07) is 0. The highest BCUT2D eigenvalue weighted by Gasteiger charge is 1.99. The van der Waals surface area contributed by atoms with Gasteiger partial charge in [0.05, 0.1) is 7.11 Å². The molecule has 0 saturated carbocycles. The van der Waals surface area contributed by atoms with Crippen LogP contribution < -0.4 is 5.32 Å². The van der Waals surface area contributed by atoms with Crippen LogP contribution in [-0.2, 0) is 9.53 Å². The van der Waals surface area contributed by atoms with Crippen molar-refractivity contribution in [2.24, 2.45) is 0 Å². The third kappa shape index (κ3) is 3.89. The number of carbonyl (C=O) groups excluding carboxylic acids is 1. The summed E-state index contributed by atoms with van der Waals surface area (Å²) in [4.78, 5) is 14.8. The van der Waals surface area contributed by atoms with Crippen LogP contribution in [0.2, 0.25) is 0 Å². The Morgan fingerprint density at radius 1 is 1.77 bits per heavy atom. The van der Waals surface area contributed by atoms with Gasteiger partial charge in [0.2, 0.25) is 0 Å². The van der Waals surface area contributed by atoms with Crippen LogP contribution in [0.15, 0.2) is 11.6 Å². The zero-order chi connectivity index (χ0) is 9.52. The number of nitrogens with one attached hydrogen (secondary N) is 1. The van der Waals surface area contributed by atoms with E-state index >= 15 is 0 Å². The first-order valence-electron chi connectivity index (χ1n) is 4.03. The second-order valence-corrected chi connectivity index (χ2v) is 3.34. The van der Waals surface area contributed by atoms with E-state index in [0.717, 1.165) is 18.1 Å². The summed E-state index contributed by atoms with van der Waals surface area (Å²) in [5.41, 5.74) is 0. The molecule has 72 valence electrons. The Morgan fingerprint density at radius 2 is 2.62 bits per heavy atom.